The number of hydrogen-bond acceptors (Lipinski definition) is 4. The van der Waals surface area contributed by atoms with Crippen LogP contribution in [0.2, 0.25) is 10.0 Å². The number of nitrogens with zero attached hydrogens (tertiary/aromatic N) is 2. The average Bonchev–Trinajstić information content (AvgIpc) is 3.03. The first-order valence-electron chi connectivity index (χ1n) is 7.69. The third-order valence-electron chi connectivity index (χ3n) is 3.73. The predicted molar refractivity (Wildman–Crippen MR) is 107 cm³/mol. The Morgan fingerprint density at radius 1 is 1.23 bits per heavy atom. The zero-order valence-electron chi connectivity index (χ0n) is 13.9. The lowest BCUT2D eigenvalue weighted by molar-refractivity contribution is -0.115. The number of benzene rings is 2. The summed E-state index contributed by atoms with van der Waals surface area (Å²) in [6, 6.07) is 10.7. The van der Waals surface area contributed by atoms with Crippen LogP contribution in [0, 0.1) is 0 Å². The summed E-state index contributed by atoms with van der Waals surface area (Å²) in [6.45, 7) is 0. The summed E-state index contributed by atoms with van der Waals surface area (Å²) in [5.41, 5.74) is 3.24. The molecule has 1 heterocycles. The number of hydrogen-bond donors (Lipinski definition) is 2. The summed E-state index contributed by atoms with van der Waals surface area (Å²) >= 11 is 13.1. The van der Waals surface area contributed by atoms with Gasteiger partial charge in [0.05, 0.1) is 12.6 Å². The van der Waals surface area contributed by atoms with Crippen LogP contribution in [0.4, 0.5) is 5.69 Å². The second-order valence-corrected chi connectivity index (χ2v) is 7.28. The number of nitrogens with one attached hydrogen (secondary N) is 1. The Balaban J connectivity index is 1.81. The summed E-state index contributed by atoms with van der Waals surface area (Å²) in [4.78, 5) is 13.3. The molecule has 5 nitrogen and oxygen atoms in total. The quantitative estimate of drug-likeness (QED) is 0.609. The lowest BCUT2D eigenvalue weighted by Crippen LogP contribution is -2.14. The van der Waals surface area contributed by atoms with Crippen molar-refractivity contribution in [1.82, 2.24) is 9.78 Å². The molecule has 2 aromatic carbocycles. The first kappa shape index (κ1) is 18.8. The van der Waals surface area contributed by atoms with Crippen molar-refractivity contribution >= 4 is 46.7 Å². The summed E-state index contributed by atoms with van der Waals surface area (Å²) in [5.74, 6) is -0.175. The monoisotopic (exact) mass is 406 g/mol. The zero-order valence-corrected chi connectivity index (χ0v) is 16.2. The number of rotatable bonds is 5. The van der Waals surface area contributed by atoms with Crippen LogP contribution in [-0.4, -0.2) is 15.7 Å². The Labute approximate surface area is 165 Å². The third kappa shape index (κ3) is 4.59. The number of aryl methyl sites for hydroxylation is 1. The normalized spacial score (nSPS) is 10.8. The minimum atomic E-state index is -0.175. The van der Waals surface area contributed by atoms with E-state index in [2.05, 4.69) is 10.4 Å². The smallest absolute Gasteiger partial charge is 0.228 e. The van der Waals surface area contributed by atoms with Gasteiger partial charge in [-0.25, -0.2) is 0 Å². The lowest BCUT2D eigenvalue weighted by Gasteiger charge is -2.10. The third-order valence-corrected chi connectivity index (χ3v) is 4.83. The minimum Gasteiger partial charge on any atom is -0.326 e. The van der Waals surface area contributed by atoms with Gasteiger partial charge in [0.1, 0.15) is 0 Å². The Hall–Kier alpha value is -1.99. The molecule has 0 radical (unpaired) electrons. The van der Waals surface area contributed by atoms with Gasteiger partial charge in [-0.1, -0.05) is 29.3 Å². The molecule has 0 unspecified atom stereocenters. The van der Waals surface area contributed by atoms with Crippen molar-refractivity contribution in [2.75, 3.05) is 5.32 Å². The van der Waals surface area contributed by atoms with Crippen LogP contribution in [0.1, 0.15) is 5.56 Å². The highest BCUT2D eigenvalue weighted by molar-refractivity contribution is 7.97. The first-order chi connectivity index (χ1) is 12.4. The molecule has 3 N–H and O–H groups in total. The highest BCUT2D eigenvalue weighted by Gasteiger charge is 2.11. The fraction of sp³-hybridized carbons (Fsp3) is 0.111. The van der Waals surface area contributed by atoms with E-state index >= 15 is 0 Å². The molecule has 0 bridgehead atoms. The Kier molecular flexibility index (Phi) is 5.88. The number of aromatic nitrogens is 2. The molecular weight excluding hydrogens is 391 g/mol. The molecule has 134 valence electrons. The summed E-state index contributed by atoms with van der Waals surface area (Å²) in [7, 11) is 1.85. The van der Waals surface area contributed by atoms with Gasteiger partial charge in [0, 0.05) is 39.4 Å². The van der Waals surface area contributed by atoms with E-state index in [1.165, 1.54) is 0 Å². The molecule has 0 fully saturated rings. The van der Waals surface area contributed by atoms with Crippen LogP contribution in [0.3, 0.4) is 0 Å². The van der Waals surface area contributed by atoms with Gasteiger partial charge in [0.25, 0.3) is 0 Å². The van der Waals surface area contributed by atoms with E-state index in [1.807, 2.05) is 31.4 Å². The molecule has 0 saturated heterocycles. The molecule has 3 aromatic rings. The maximum atomic E-state index is 12.4. The second-order valence-electron chi connectivity index (χ2n) is 5.73. The standard InChI is InChI=1S/C18H16Cl2N4OS/c1-24-10-13(9-22-24)12-4-15(8-16(5-12)26-21)23-18(25)6-11-2-3-14(19)7-17(11)20/h2-5,7-10H,6,21H2,1H3,(H,23,25). The average molecular weight is 407 g/mol. The summed E-state index contributed by atoms with van der Waals surface area (Å²) in [5, 5.41) is 13.8. The van der Waals surface area contributed by atoms with Crippen molar-refractivity contribution in [3.8, 4) is 11.1 Å². The molecule has 26 heavy (non-hydrogen) atoms. The van der Waals surface area contributed by atoms with Gasteiger partial charge in [0.15, 0.2) is 0 Å². The number of anilines is 1. The number of carbonyl (C=O) groups excluding carboxylic acids is 1. The van der Waals surface area contributed by atoms with Gasteiger partial charge in [-0.3, -0.25) is 14.6 Å². The van der Waals surface area contributed by atoms with Gasteiger partial charge >= 0.3 is 0 Å². The number of carbonyl (C=O) groups is 1. The zero-order chi connectivity index (χ0) is 18.7. The van der Waals surface area contributed by atoms with Crippen LogP contribution in [0.25, 0.3) is 11.1 Å². The molecule has 0 aliphatic carbocycles. The number of halogens is 2. The van der Waals surface area contributed by atoms with E-state index in [0.717, 1.165) is 28.0 Å². The fourth-order valence-electron chi connectivity index (χ4n) is 2.52. The Morgan fingerprint density at radius 3 is 2.69 bits per heavy atom. The summed E-state index contributed by atoms with van der Waals surface area (Å²) < 4.78 is 1.72. The van der Waals surface area contributed by atoms with Crippen LogP contribution in [0.15, 0.2) is 53.7 Å². The number of amides is 1. The topological polar surface area (TPSA) is 72.9 Å². The van der Waals surface area contributed by atoms with Gasteiger partial charge in [-0.05, 0) is 53.4 Å². The molecule has 3 rings (SSSR count). The first-order valence-corrected chi connectivity index (χ1v) is 9.33. The molecule has 1 amide bonds. The highest BCUT2D eigenvalue weighted by atomic mass is 35.5. The molecule has 0 atom stereocenters. The Morgan fingerprint density at radius 2 is 2.04 bits per heavy atom. The van der Waals surface area contributed by atoms with E-state index < -0.39 is 0 Å². The molecule has 8 heteroatoms. The minimum absolute atomic E-state index is 0.151. The van der Waals surface area contributed by atoms with E-state index in [0.29, 0.717) is 21.3 Å². The van der Waals surface area contributed by atoms with Crippen molar-refractivity contribution in [3.63, 3.8) is 0 Å². The molecule has 0 saturated carbocycles. The molecule has 0 aliphatic heterocycles. The molecule has 0 aliphatic rings. The van der Waals surface area contributed by atoms with Crippen molar-refractivity contribution in [1.29, 1.82) is 0 Å². The van der Waals surface area contributed by atoms with E-state index in [-0.39, 0.29) is 12.3 Å². The highest BCUT2D eigenvalue weighted by Crippen LogP contribution is 2.28. The van der Waals surface area contributed by atoms with E-state index in [1.54, 1.807) is 29.1 Å². The van der Waals surface area contributed by atoms with Gasteiger partial charge in [-0.2, -0.15) is 5.10 Å². The Bertz CT molecular complexity index is 958. The van der Waals surface area contributed by atoms with Gasteiger partial charge < -0.3 is 5.32 Å². The van der Waals surface area contributed by atoms with E-state index in [4.69, 9.17) is 28.3 Å². The SMILES string of the molecule is Cn1cc(-c2cc(NC(=O)Cc3ccc(Cl)cc3Cl)cc(SN)c2)cn1. The van der Waals surface area contributed by atoms with Gasteiger partial charge in [-0.15, -0.1) is 0 Å². The summed E-state index contributed by atoms with van der Waals surface area (Å²) in [6.07, 6.45) is 3.82. The van der Waals surface area contributed by atoms with E-state index in [9.17, 15) is 4.79 Å². The van der Waals surface area contributed by atoms with Crippen molar-refractivity contribution in [2.24, 2.45) is 12.2 Å². The van der Waals surface area contributed by atoms with Crippen LogP contribution in [-0.2, 0) is 18.3 Å². The maximum Gasteiger partial charge on any atom is 0.228 e. The van der Waals surface area contributed by atoms with Crippen molar-refractivity contribution in [2.45, 2.75) is 11.3 Å². The van der Waals surface area contributed by atoms with Gasteiger partial charge in [0.2, 0.25) is 5.91 Å². The number of nitrogens with two attached hydrogens (primary N) is 1. The molecule has 0 spiro atoms. The largest absolute Gasteiger partial charge is 0.326 e. The predicted octanol–water partition coefficient (Wildman–Crippen LogP) is 4.54. The van der Waals surface area contributed by atoms with Crippen LogP contribution < -0.4 is 10.5 Å². The van der Waals surface area contributed by atoms with Crippen LogP contribution >= 0.6 is 35.1 Å². The fourth-order valence-corrected chi connectivity index (χ4v) is 3.38. The van der Waals surface area contributed by atoms with Crippen LogP contribution in [0.5, 0.6) is 0 Å². The lowest BCUT2D eigenvalue weighted by atomic mass is 10.1. The van der Waals surface area contributed by atoms with Crippen molar-refractivity contribution in [3.05, 3.63) is 64.4 Å². The van der Waals surface area contributed by atoms with Crippen molar-refractivity contribution < 1.29 is 4.79 Å². The molecular formula is C18H16Cl2N4OS. The molecule has 1 aromatic heterocycles. The maximum absolute atomic E-state index is 12.4. The second kappa shape index (κ2) is 8.14.